The number of anilines is 1. The summed E-state index contributed by atoms with van der Waals surface area (Å²) in [4.78, 5) is 48.4. The molecule has 2 aromatic rings. The van der Waals surface area contributed by atoms with Gasteiger partial charge in [0.15, 0.2) is 12.4 Å². The molecule has 1 aliphatic heterocycles. The Hall–Kier alpha value is -2.93. The van der Waals surface area contributed by atoms with Crippen LogP contribution in [-0.2, 0) is 14.3 Å². The van der Waals surface area contributed by atoms with Crippen molar-refractivity contribution in [2.24, 2.45) is 0 Å². The van der Waals surface area contributed by atoms with Crippen molar-refractivity contribution in [1.29, 1.82) is 0 Å². The van der Waals surface area contributed by atoms with Crippen LogP contribution < -0.4 is 5.32 Å². The number of carbonyl (C=O) groups excluding carboxylic acids is 4. The van der Waals surface area contributed by atoms with E-state index in [9.17, 15) is 19.2 Å². The number of ketones is 2. The first-order valence-corrected chi connectivity index (χ1v) is 9.71. The maximum absolute atomic E-state index is 12.4. The van der Waals surface area contributed by atoms with Crippen LogP contribution in [0.1, 0.15) is 46.0 Å². The zero-order valence-corrected chi connectivity index (χ0v) is 16.3. The number of thioether (sulfide) groups is 1. The Labute approximate surface area is 166 Å². The largest absolute Gasteiger partial charge is 0.454 e. The zero-order valence-electron chi connectivity index (χ0n) is 15.5. The number of hydrogen-bond donors (Lipinski definition) is 1. The van der Waals surface area contributed by atoms with Crippen LogP contribution in [0.5, 0.6) is 0 Å². The Bertz CT molecular complexity index is 969. The molecule has 0 saturated heterocycles. The van der Waals surface area contributed by atoms with E-state index >= 15 is 0 Å². The average Bonchev–Trinajstić information content (AvgIpc) is 2.97. The molecule has 7 heteroatoms. The molecule has 0 aromatic heterocycles. The van der Waals surface area contributed by atoms with Gasteiger partial charge >= 0.3 is 5.97 Å². The lowest BCUT2D eigenvalue weighted by atomic mass is 9.99. The molecular formula is C21H19NO5S. The van der Waals surface area contributed by atoms with E-state index in [1.807, 2.05) is 0 Å². The van der Waals surface area contributed by atoms with Gasteiger partial charge in [-0.3, -0.25) is 14.4 Å². The summed E-state index contributed by atoms with van der Waals surface area (Å²) in [5, 5.41) is 2.75. The molecule has 28 heavy (non-hydrogen) atoms. The molecule has 1 aliphatic rings. The third kappa shape index (κ3) is 4.31. The van der Waals surface area contributed by atoms with Crippen LogP contribution in [0.3, 0.4) is 0 Å². The van der Waals surface area contributed by atoms with Crippen molar-refractivity contribution in [1.82, 2.24) is 0 Å². The van der Waals surface area contributed by atoms with Crippen LogP contribution in [0.4, 0.5) is 5.69 Å². The van der Waals surface area contributed by atoms with E-state index in [4.69, 9.17) is 4.74 Å². The first kappa shape index (κ1) is 19.8. The quantitative estimate of drug-likeness (QED) is 0.437. The van der Waals surface area contributed by atoms with Crippen molar-refractivity contribution in [3.63, 3.8) is 0 Å². The lowest BCUT2D eigenvalue weighted by Crippen LogP contribution is -2.15. The Morgan fingerprint density at radius 3 is 2.64 bits per heavy atom. The molecule has 0 bridgehead atoms. The Kier molecular flexibility index (Phi) is 5.94. The number of benzene rings is 2. The number of Topliss-reactive ketones (excluding diaryl/α,β-unsaturated/α-hetero) is 2. The molecule has 3 rings (SSSR count). The fraction of sp³-hybridized carbons (Fsp3) is 0.238. The Morgan fingerprint density at radius 1 is 1.14 bits per heavy atom. The van der Waals surface area contributed by atoms with Gasteiger partial charge in [-0.2, -0.15) is 0 Å². The van der Waals surface area contributed by atoms with E-state index in [0.717, 1.165) is 5.56 Å². The number of amides is 1. The fourth-order valence-corrected chi connectivity index (χ4v) is 3.66. The highest BCUT2D eigenvalue weighted by molar-refractivity contribution is 8.00. The van der Waals surface area contributed by atoms with Crippen molar-refractivity contribution >= 4 is 40.9 Å². The summed E-state index contributed by atoms with van der Waals surface area (Å²) in [7, 11) is 0. The molecule has 1 N–H and O–H groups in total. The van der Waals surface area contributed by atoms with Gasteiger partial charge in [0.1, 0.15) is 5.78 Å². The molecule has 2 aromatic carbocycles. The normalized spacial score (nSPS) is 14.9. The summed E-state index contributed by atoms with van der Waals surface area (Å²) in [6.45, 7) is 2.84. The molecule has 0 radical (unpaired) electrons. The number of fused-ring (bicyclic) bond motifs is 1. The minimum Gasteiger partial charge on any atom is -0.454 e. The highest BCUT2D eigenvalue weighted by atomic mass is 32.2. The SMILES string of the molecule is CC(=O)CSc1ccccc1C(=O)OCC(=O)c1ccc2c(c1)[C@H](C)C(=O)N2. The van der Waals surface area contributed by atoms with Gasteiger partial charge in [0.05, 0.1) is 17.2 Å². The molecule has 0 unspecified atom stereocenters. The van der Waals surface area contributed by atoms with Crippen molar-refractivity contribution in [2.75, 3.05) is 17.7 Å². The predicted molar refractivity (Wildman–Crippen MR) is 106 cm³/mol. The molecule has 1 heterocycles. The first-order chi connectivity index (χ1) is 13.4. The van der Waals surface area contributed by atoms with Gasteiger partial charge in [-0.1, -0.05) is 12.1 Å². The van der Waals surface area contributed by atoms with E-state index in [1.54, 1.807) is 49.4 Å². The molecule has 6 nitrogen and oxygen atoms in total. The van der Waals surface area contributed by atoms with Crippen molar-refractivity contribution in [3.05, 3.63) is 59.2 Å². The van der Waals surface area contributed by atoms with E-state index < -0.39 is 12.6 Å². The molecule has 144 valence electrons. The van der Waals surface area contributed by atoms with Crippen LogP contribution in [0.15, 0.2) is 47.4 Å². The van der Waals surface area contributed by atoms with E-state index in [0.29, 0.717) is 21.7 Å². The van der Waals surface area contributed by atoms with Crippen LogP contribution in [0, 0.1) is 0 Å². The molecule has 0 aliphatic carbocycles. The van der Waals surface area contributed by atoms with E-state index in [2.05, 4.69) is 5.32 Å². The standard InChI is InChI=1S/C21H19NO5S/c1-12(23)11-28-19-6-4-3-5-15(19)21(26)27-10-18(24)14-7-8-17-16(9-14)13(2)20(25)22-17/h3-9,13H,10-11H2,1-2H3,(H,22,25)/t13-/m0/s1. The number of ether oxygens (including phenoxy) is 1. The van der Waals surface area contributed by atoms with Gasteiger partial charge in [0.25, 0.3) is 0 Å². The van der Waals surface area contributed by atoms with Crippen molar-refractivity contribution < 1.29 is 23.9 Å². The number of rotatable bonds is 7. The summed E-state index contributed by atoms with van der Waals surface area (Å²) < 4.78 is 5.19. The zero-order chi connectivity index (χ0) is 20.3. The number of carbonyl (C=O) groups is 4. The summed E-state index contributed by atoms with van der Waals surface area (Å²) in [5.74, 6) is -1.14. The van der Waals surface area contributed by atoms with Crippen LogP contribution >= 0.6 is 11.8 Å². The van der Waals surface area contributed by atoms with Gasteiger partial charge in [0.2, 0.25) is 5.91 Å². The lowest BCUT2D eigenvalue weighted by molar-refractivity contribution is -0.116. The molecule has 1 amide bonds. The minimum absolute atomic E-state index is 0.00200. The smallest absolute Gasteiger partial charge is 0.339 e. The number of hydrogen-bond acceptors (Lipinski definition) is 6. The second-order valence-corrected chi connectivity index (χ2v) is 7.52. The van der Waals surface area contributed by atoms with Gasteiger partial charge in [0, 0.05) is 16.1 Å². The summed E-state index contributed by atoms with van der Waals surface area (Å²) in [6, 6.07) is 11.7. The predicted octanol–water partition coefficient (Wildman–Crippen LogP) is 3.46. The van der Waals surface area contributed by atoms with Crippen LogP contribution in [0.2, 0.25) is 0 Å². The maximum atomic E-state index is 12.4. The monoisotopic (exact) mass is 397 g/mol. The summed E-state index contributed by atoms with van der Waals surface area (Å²) >= 11 is 1.25. The summed E-state index contributed by atoms with van der Waals surface area (Å²) in [6.07, 6.45) is 0. The van der Waals surface area contributed by atoms with E-state index in [1.165, 1.54) is 18.7 Å². The van der Waals surface area contributed by atoms with Gasteiger partial charge in [-0.05, 0) is 49.7 Å². The topological polar surface area (TPSA) is 89.5 Å². The van der Waals surface area contributed by atoms with Gasteiger partial charge < -0.3 is 10.1 Å². The molecule has 0 saturated carbocycles. The Morgan fingerprint density at radius 2 is 1.89 bits per heavy atom. The Balaban J connectivity index is 1.67. The molecule has 0 fully saturated rings. The minimum atomic E-state index is -0.619. The van der Waals surface area contributed by atoms with Crippen molar-refractivity contribution in [3.8, 4) is 0 Å². The second-order valence-electron chi connectivity index (χ2n) is 6.50. The molecule has 1 atom stereocenters. The first-order valence-electron chi connectivity index (χ1n) is 8.73. The van der Waals surface area contributed by atoms with Crippen molar-refractivity contribution in [2.45, 2.75) is 24.7 Å². The van der Waals surface area contributed by atoms with Gasteiger partial charge in [-0.15, -0.1) is 11.8 Å². The summed E-state index contributed by atoms with van der Waals surface area (Å²) in [5.41, 5.74) is 2.16. The number of nitrogens with one attached hydrogen (secondary N) is 1. The second kappa shape index (κ2) is 8.39. The fourth-order valence-electron chi connectivity index (χ4n) is 2.82. The third-order valence-electron chi connectivity index (χ3n) is 4.36. The molecular weight excluding hydrogens is 378 g/mol. The number of esters is 1. The maximum Gasteiger partial charge on any atom is 0.339 e. The van der Waals surface area contributed by atoms with Crippen LogP contribution in [-0.4, -0.2) is 35.8 Å². The lowest BCUT2D eigenvalue weighted by Gasteiger charge is -2.09. The van der Waals surface area contributed by atoms with E-state index in [-0.39, 0.29) is 29.1 Å². The third-order valence-corrected chi connectivity index (χ3v) is 5.58. The highest BCUT2D eigenvalue weighted by Crippen LogP contribution is 2.32. The molecule has 0 spiro atoms. The van der Waals surface area contributed by atoms with Gasteiger partial charge in [-0.25, -0.2) is 4.79 Å². The van der Waals surface area contributed by atoms with Crippen LogP contribution in [0.25, 0.3) is 0 Å². The highest BCUT2D eigenvalue weighted by Gasteiger charge is 2.27. The average molecular weight is 397 g/mol.